The number of carboxylic acid groups (broad SMARTS) is 1. The van der Waals surface area contributed by atoms with Crippen LogP contribution in [0.3, 0.4) is 0 Å². The van der Waals surface area contributed by atoms with Crippen molar-refractivity contribution in [3.8, 4) is 0 Å². The van der Waals surface area contributed by atoms with Gasteiger partial charge in [-0.15, -0.1) is 0 Å². The van der Waals surface area contributed by atoms with E-state index in [0.29, 0.717) is 18.4 Å². The number of urea groups is 1. The molecule has 6 heteroatoms. The standard InChI is InChI=1S/C12H22N2O4/c1-8-3-2-4-9(5-8)6-13-12(18)14-7-10(15)11(16)17/h8-10,15H,2-7H2,1H3,(H,16,17)(H2,13,14,18)/t8?,9?,10-/m0/s1. The molecular weight excluding hydrogens is 236 g/mol. The lowest BCUT2D eigenvalue weighted by Crippen LogP contribution is -2.43. The molecule has 2 unspecified atom stereocenters. The first kappa shape index (κ1) is 14.8. The van der Waals surface area contributed by atoms with Gasteiger partial charge in [-0.25, -0.2) is 9.59 Å². The molecule has 6 nitrogen and oxygen atoms in total. The lowest BCUT2D eigenvalue weighted by Gasteiger charge is -2.26. The molecule has 0 aliphatic heterocycles. The van der Waals surface area contributed by atoms with Crippen molar-refractivity contribution in [3.05, 3.63) is 0 Å². The Morgan fingerprint density at radius 3 is 2.67 bits per heavy atom. The summed E-state index contributed by atoms with van der Waals surface area (Å²) in [6.07, 6.45) is 3.16. The van der Waals surface area contributed by atoms with E-state index in [0.717, 1.165) is 12.8 Å². The average molecular weight is 258 g/mol. The summed E-state index contributed by atoms with van der Waals surface area (Å²) >= 11 is 0. The normalized spacial score (nSPS) is 25.2. The van der Waals surface area contributed by atoms with Gasteiger partial charge in [0.25, 0.3) is 0 Å². The van der Waals surface area contributed by atoms with Crippen molar-refractivity contribution >= 4 is 12.0 Å². The number of hydrogen-bond donors (Lipinski definition) is 4. The SMILES string of the molecule is CC1CCCC(CNC(=O)NC[C@H](O)C(=O)O)C1. The molecule has 18 heavy (non-hydrogen) atoms. The lowest BCUT2D eigenvalue weighted by molar-refractivity contribution is -0.146. The quantitative estimate of drug-likeness (QED) is 0.579. The molecule has 1 aliphatic carbocycles. The number of carboxylic acids is 1. The smallest absolute Gasteiger partial charge is 0.334 e. The number of amides is 2. The van der Waals surface area contributed by atoms with Gasteiger partial charge in [-0.3, -0.25) is 0 Å². The molecule has 1 fully saturated rings. The Labute approximate surface area is 107 Å². The Morgan fingerprint density at radius 1 is 1.33 bits per heavy atom. The van der Waals surface area contributed by atoms with Gasteiger partial charge in [-0.05, 0) is 24.7 Å². The van der Waals surface area contributed by atoms with E-state index < -0.39 is 18.1 Å². The molecule has 0 aromatic heterocycles. The minimum atomic E-state index is -1.55. The largest absolute Gasteiger partial charge is 0.479 e. The third-order valence-corrected chi connectivity index (χ3v) is 3.34. The zero-order chi connectivity index (χ0) is 13.5. The fourth-order valence-corrected chi connectivity index (χ4v) is 2.32. The summed E-state index contributed by atoms with van der Waals surface area (Å²) in [6.45, 7) is 2.55. The molecule has 2 amide bonds. The second-order valence-electron chi connectivity index (χ2n) is 5.08. The van der Waals surface area contributed by atoms with E-state index in [-0.39, 0.29) is 6.54 Å². The van der Waals surface area contributed by atoms with Crippen LogP contribution in [0.2, 0.25) is 0 Å². The van der Waals surface area contributed by atoms with Gasteiger partial charge in [-0.1, -0.05) is 19.8 Å². The number of carbonyl (C=O) groups excluding carboxylic acids is 1. The predicted octanol–water partition coefficient (Wildman–Crippen LogP) is 0.557. The van der Waals surface area contributed by atoms with Gasteiger partial charge in [0, 0.05) is 6.54 Å². The zero-order valence-corrected chi connectivity index (χ0v) is 10.7. The fraction of sp³-hybridized carbons (Fsp3) is 0.833. The number of hydrogen-bond acceptors (Lipinski definition) is 3. The fourth-order valence-electron chi connectivity index (χ4n) is 2.32. The van der Waals surface area contributed by atoms with Crippen LogP contribution in [0.15, 0.2) is 0 Å². The van der Waals surface area contributed by atoms with Crippen molar-refractivity contribution in [2.75, 3.05) is 13.1 Å². The van der Waals surface area contributed by atoms with Gasteiger partial charge in [-0.2, -0.15) is 0 Å². The lowest BCUT2D eigenvalue weighted by atomic mass is 9.82. The van der Waals surface area contributed by atoms with Crippen LogP contribution < -0.4 is 10.6 Å². The van der Waals surface area contributed by atoms with Crippen LogP contribution in [-0.2, 0) is 4.79 Å². The predicted molar refractivity (Wildman–Crippen MR) is 66.2 cm³/mol. The molecule has 1 aliphatic rings. The molecule has 0 saturated heterocycles. The molecule has 0 heterocycles. The average Bonchev–Trinajstić information content (AvgIpc) is 2.33. The first-order valence-electron chi connectivity index (χ1n) is 6.41. The van der Waals surface area contributed by atoms with Crippen molar-refractivity contribution in [3.63, 3.8) is 0 Å². The van der Waals surface area contributed by atoms with E-state index >= 15 is 0 Å². The minimum absolute atomic E-state index is 0.276. The van der Waals surface area contributed by atoms with Crippen molar-refractivity contribution in [2.45, 2.75) is 38.7 Å². The number of rotatable bonds is 5. The molecule has 1 rings (SSSR count). The highest BCUT2D eigenvalue weighted by Crippen LogP contribution is 2.27. The van der Waals surface area contributed by atoms with Gasteiger partial charge >= 0.3 is 12.0 Å². The van der Waals surface area contributed by atoms with E-state index in [2.05, 4.69) is 17.6 Å². The van der Waals surface area contributed by atoms with Crippen LogP contribution in [0, 0.1) is 11.8 Å². The molecule has 0 bridgehead atoms. The van der Waals surface area contributed by atoms with Crippen molar-refractivity contribution in [1.29, 1.82) is 0 Å². The highest BCUT2D eigenvalue weighted by Gasteiger charge is 2.19. The second-order valence-corrected chi connectivity index (χ2v) is 5.08. The van der Waals surface area contributed by atoms with Gasteiger partial charge in [0.1, 0.15) is 0 Å². The molecular formula is C12H22N2O4. The number of aliphatic carboxylic acids is 1. The number of nitrogens with one attached hydrogen (secondary N) is 2. The Kier molecular flexibility index (Phi) is 5.91. The van der Waals surface area contributed by atoms with Crippen LogP contribution in [0.1, 0.15) is 32.6 Å². The summed E-state index contributed by atoms with van der Waals surface area (Å²) in [7, 11) is 0. The second kappa shape index (κ2) is 7.20. The van der Waals surface area contributed by atoms with Gasteiger partial charge < -0.3 is 20.8 Å². The molecule has 3 atom stereocenters. The van der Waals surface area contributed by atoms with Crippen LogP contribution in [0.4, 0.5) is 4.79 Å². The summed E-state index contributed by atoms with van der Waals surface area (Å²) in [5.41, 5.74) is 0. The van der Waals surface area contributed by atoms with E-state index in [1.807, 2.05) is 0 Å². The van der Waals surface area contributed by atoms with E-state index in [1.165, 1.54) is 12.8 Å². The summed E-state index contributed by atoms with van der Waals surface area (Å²) < 4.78 is 0. The molecule has 0 radical (unpaired) electrons. The first-order chi connectivity index (χ1) is 8.49. The molecule has 0 spiro atoms. The van der Waals surface area contributed by atoms with Gasteiger partial charge in [0.15, 0.2) is 6.10 Å². The van der Waals surface area contributed by atoms with Crippen LogP contribution in [0.25, 0.3) is 0 Å². The number of aliphatic hydroxyl groups excluding tert-OH is 1. The Morgan fingerprint density at radius 2 is 2.06 bits per heavy atom. The number of aliphatic hydroxyl groups is 1. The Bertz CT molecular complexity index is 296. The molecule has 104 valence electrons. The van der Waals surface area contributed by atoms with Gasteiger partial charge in [0.2, 0.25) is 0 Å². The Balaban J connectivity index is 2.14. The molecule has 0 aromatic rings. The van der Waals surface area contributed by atoms with Crippen LogP contribution in [0.5, 0.6) is 0 Å². The van der Waals surface area contributed by atoms with E-state index in [1.54, 1.807) is 0 Å². The van der Waals surface area contributed by atoms with Crippen molar-refractivity contribution < 1.29 is 19.8 Å². The summed E-state index contributed by atoms with van der Waals surface area (Å²) in [5.74, 6) is -0.122. The number of carbonyl (C=O) groups is 2. The van der Waals surface area contributed by atoms with Crippen molar-refractivity contribution in [1.82, 2.24) is 10.6 Å². The van der Waals surface area contributed by atoms with Crippen LogP contribution >= 0.6 is 0 Å². The first-order valence-corrected chi connectivity index (χ1v) is 6.41. The molecule has 4 N–H and O–H groups in total. The Hall–Kier alpha value is -1.30. The topological polar surface area (TPSA) is 98.7 Å². The van der Waals surface area contributed by atoms with Crippen LogP contribution in [-0.4, -0.2) is 41.4 Å². The maximum Gasteiger partial charge on any atom is 0.334 e. The highest BCUT2D eigenvalue weighted by molar-refractivity contribution is 5.76. The maximum atomic E-state index is 11.4. The summed E-state index contributed by atoms with van der Waals surface area (Å²) in [4.78, 5) is 21.7. The summed E-state index contributed by atoms with van der Waals surface area (Å²) in [5, 5.41) is 22.5. The van der Waals surface area contributed by atoms with Gasteiger partial charge in [0.05, 0.1) is 6.54 Å². The highest BCUT2D eigenvalue weighted by atomic mass is 16.4. The summed E-state index contributed by atoms with van der Waals surface area (Å²) in [6, 6.07) is -0.423. The van der Waals surface area contributed by atoms with E-state index in [9.17, 15) is 9.59 Å². The van der Waals surface area contributed by atoms with Crippen molar-refractivity contribution in [2.24, 2.45) is 11.8 Å². The minimum Gasteiger partial charge on any atom is -0.479 e. The third kappa shape index (κ3) is 5.35. The maximum absolute atomic E-state index is 11.4. The van der Waals surface area contributed by atoms with E-state index in [4.69, 9.17) is 10.2 Å². The third-order valence-electron chi connectivity index (χ3n) is 3.34. The molecule has 1 saturated carbocycles. The molecule has 0 aromatic carbocycles. The monoisotopic (exact) mass is 258 g/mol. The zero-order valence-electron chi connectivity index (χ0n) is 10.7.